The lowest BCUT2D eigenvalue weighted by Crippen LogP contribution is -2.48. The Morgan fingerprint density at radius 1 is 1.03 bits per heavy atom. The van der Waals surface area contributed by atoms with Crippen molar-refractivity contribution in [3.05, 3.63) is 64.7 Å². The van der Waals surface area contributed by atoms with E-state index in [1.807, 2.05) is 0 Å². The highest BCUT2D eigenvalue weighted by Gasteiger charge is 2.55. The van der Waals surface area contributed by atoms with Gasteiger partial charge in [0.2, 0.25) is 11.5 Å². The monoisotopic (exact) mass is 474 g/mol. The molecule has 2 aromatic rings. The second-order valence-corrected chi connectivity index (χ2v) is 8.36. The number of halogens is 6. The molecule has 1 fully saturated rings. The summed E-state index contributed by atoms with van der Waals surface area (Å²) in [5.74, 6) is 0.386. The average Bonchev–Trinajstić information content (AvgIpc) is 3.54. The van der Waals surface area contributed by atoms with Crippen molar-refractivity contribution in [3.63, 3.8) is 0 Å². The van der Waals surface area contributed by atoms with Gasteiger partial charge < -0.3 is 15.7 Å². The molecule has 0 bridgehead atoms. The van der Waals surface area contributed by atoms with Crippen molar-refractivity contribution in [2.75, 3.05) is 11.9 Å². The number of hydrogen-bond acceptors (Lipinski definition) is 3. The molecule has 0 heterocycles. The van der Waals surface area contributed by atoms with Gasteiger partial charge in [0, 0.05) is 18.7 Å². The van der Waals surface area contributed by atoms with E-state index in [0.29, 0.717) is 30.0 Å². The van der Waals surface area contributed by atoms with Crippen molar-refractivity contribution in [2.45, 2.75) is 50.7 Å². The number of amides is 1. The van der Waals surface area contributed by atoms with Crippen LogP contribution in [0.25, 0.3) is 0 Å². The van der Waals surface area contributed by atoms with Crippen LogP contribution in [0.2, 0.25) is 0 Å². The smallest absolute Gasteiger partial charge is 0.381 e. The van der Waals surface area contributed by atoms with Gasteiger partial charge in [-0.3, -0.25) is 4.79 Å². The van der Waals surface area contributed by atoms with E-state index in [-0.39, 0.29) is 18.1 Å². The highest BCUT2D eigenvalue weighted by Crippen LogP contribution is 2.41. The Balaban J connectivity index is 1.72. The van der Waals surface area contributed by atoms with E-state index in [4.69, 9.17) is 0 Å². The largest absolute Gasteiger partial charge is 0.423 e. The molecule has 1 amide bonds. The van der Waals surface area contributed by atoms with Gasteiger partial charge in [-0.25, -0.2) is 0 Å². The van der Waals surface area contributed by atoms with E-state index in [2.05, 4.69) is 10.6 Å². The van der Waals surface area contributed by atoms with Crippen molar-refractivity contribution in [1.82, 2.24) is 5.32 Å². The van der Waals surface area contributed by atoms with Crippen molar-refractivity contribution in [2.24, 2.45) is 5.92 Å². The first kappa shape index (κ1) is 24.9. The van der Waals surface area contributed by atoms with E-state index >= 15 is 0 Å². The molecule has 3 N–H and O–H groups in total. The van der Waals surface area contributed by atoms with Crippen molar-refractivity contribution in [1.29, 1.82) is 0 Å². The molecule has 4 nitrogen and oxygen atoms in total. The quantitative estimate of drug-likeness (QED) is 0.456. The second kappa shape index (κ2) is 9.24. The van der Waals surface area contributed by atoms with E-state index in [0.717, 1.165) is 30.5 Å². The molecule has 0 spiro atoms. The molecule has 0 saturated heterocycles. The van der Waals surface area contributed by atoms with Gasteiger partial charge in [0.1, 0.15) is 0 Å². The number of rotatable bonds is 8. The summed E-state index contributed by atoms with van der Waals surface area (Å²) >= 11 is 0. The van der Waals surface area contributed by atoms with Gasteiger partial charge in [0.15, 0.2) is 0 Å². The fourth-order valence-corrected chi connectivity index (χ4v) is 3.40. The summed E-state index contributed by atoms with van der Waals surface area (Å²) in [6, 6.07) is 7.23. The highest BCUT2D eigenvalue weighted by atomic mass is 19.4. The Morgan fingerprint density at radius 3 is 2.27 bits per heavy atom. The number of benzene rings is 2. The van der Waals surface area contributed by atoms with Crippen LogP contribution in [-0.2, 0) is 23.1 Å². The number of nitrogens with one attached hydrogen (secondary N) is 2. The third-order valence-electron chi connectivity index (χ3n) is 5.67. The van der Waals surface area contributed by atoms with Gasteiger partial charge in [0.25, 0.3) is 0 Å². The molecular formula is C23H24F6N2O2. The number of alkyl halides is 6. The molecule has 33 heavy (non-hydrogen) atoms. The summed E-state index contributed by atoms with van der Waals surface area (Å²) in [6.07, 6.45) is -7.50. The highest BCUT2D eigenvalue weighted by molar-refractivity contribution is 5.76. The summed E-state index contributed by atoms with van der Waals surface area (Å²) in [5.41, 5.74) is -4.03. The minimum Gasteiger partial charge on any atom is -0.381 e. The zero-order valence-electron chi connectivity index (χ0n) is 17.8. The fourth-order valence-electron chi connectivity index (χ4n) is 3.40. The Kier molecular flexibility index (Phi) is 6.97. The maximum atomic E-state index is 13.7. The first-order valence-corrected chi connectivity index (χ1v) is 10.4. The molecule has 1 aliphatic carbocycles. The molecular weight excluding hydrogens is 450 g/mol. The molecule has 1 aliphatic rings. The third kappa shape index (κ3) is 6.19. The van der Waals surface area contributed by atoms with Crippen molar-refractivity contribution in [3.8, 4) is 0 Å². The molecule has 10 heteroatoms. The van der Waals surface area contributed by atoms with Crippen LogP contribution in [0, 0.1) is 12.8 Å². The van der Waals surface area contributed by atoms with E-state index in [1.165, 1.54) is 6.07 Å². The predicted octanol–water partition coefficient (Wildman–Crippen LogP) is 5.29. The summed E-state index contributed by atoms with van der Waals surface area (Å²) in [4.78, 5) is 11.8. The fraction of sp³-hybridized carbons (Fsp3) is 0.435. The zero-order chi connectivity index (χ0) is 24.4. The molecule has 0 aromatic heterocycles. The third-order valence-corrected chi connectivity index (χ3v) is 5.67. The van der Waals surface area contributed by atoms with Crippen LogP contribution >= 0.6 is 0 Å². The molecule has 0 aliphatic heterocycles. The minimum absolute atomic E-state index is 0.0598. The van der Waals surface area contributed by atoms with Crippen LogP contribution < -0.4 is 10.6 Å². The van der Waals surface area contributed by atoms with Crippen molar-refractivity contribution < 1.29 is 36.2 Å². The lowest BCUT2D eigenvalue weighted by Gasteiger charge is -2.32. The van der Waals surface area contributed by atoms with Gasteiger partial charge in [0.05, 0.1) is 12.1 Å². The van der Waals surface area contributed by atoms with E-state index in [9.17, 15) is 36.2 Å². The standard InChI is InChI=1S/C23H24F6N2O2/c1-14-9-19(8-7-16(14)12-30-20(32)10-15-5-6-15)31-13-21(33,23(27,28)29)17-3-2-4-18(11-17)22(24,25)26/h2-4,7-9,11,15,31,33H,5-6,10,12-13H2,1H3,(H,30,32)/t21-/m1/s1. The van der Waals surface area contributed by atoms with Crippen LogP contribution in [0.3, 0.4) is 0 Å². The number of anilines is 1. The molecule has 0 unspecified atom stereocenters. The second-order valence-electron chi connectivity index (χ2n) is 8.36. The van der Waals surface area contributed by atoms with Crippen LogP contribution in [0.1, 0.15) is 41.5 Å². The van der Waals surface area contributed by atoms with E-state index < -0.39 is 35.6 Å². The molecule has 180 valence electrons. The Morgan fingerprint density at radius 2 is 1.70 bits per heavy atom. The Labute approximate surface area is 187 Å². The SMILES string of the molecule is Cc1cc(NC[C@@](O)(c2cccc(C(F)(F)F)c2)C(F)(F)F)ccc1CNC(=O)CC1CC1. The van der Waals surface area contributed by atoms with Crippen LogP contribution in [0.4, 0.5) is 32.0 Å². The van der Waals surface area contributed by atoms with Gasteiger partial charge in [-0.15, -0.1) is 0 Å². The van der Waals surface area contributed by atoms with Crippen LogP contribution in [0.15, 0.2) is 42.5 Å². The number of hydrogen-bond donors (Lipinski definition) is 3. The number of carbonyl (C=O) groups excluding carboxylic acids is 1. The van der Waals surface area contributed by atoms with E-state index in [1.54, 1.807) is 19.1 Å². The molecule has 3 rings (SSSR count). The minimum atomic E-state index is -5.23. The van der Waals surface area contributed by atoms with Gasteiger partial charge in [-0.05, 0) is 66.6 Å². The molecule has 2 aromatic carbocycles. The predicted molar refractivity (Wildman–Crippen MR) is 110 cm³/mol. The van der Waals surface area contributed by atoms with Crippen molar-refractivity contribution >= 4 is 11.6 Å². The van der Waals surface area contributed by atoms with Crippen LogP contribution in [0.5, 0.6) is 0 Å². The average molecular weight is 474 g/mol. The molecule has 1 atom stereocenters. The maximum absolute atomic E-state index is 13.7. The zero-order valence-corrected chi connectivity index (χ0v) is 17.8. The summed E-state index contributed by atoms with van der Waals surface area (Å²) in [6.45, 7) is 0.902. The Hall–Kier alpha value is -2.75. The molecule has 0 radical (unpaired) electrons. The number of carbonyl (C=O) groups is 1. The lowest BCUT2D eigenvalue weighted by molar-refractivity contribution is -0.260. The maximum Gasteiger partial charge on any atom is 0.423 e. The van der Waals surface area contributed by atoms with Gasteiger partial charge >= 0.3 is 12.4 Å². The lowest BCUT2D eigenvalue weighted by atomic mass is 9.91. The first-order chi connectivity index (χ1) is 15.3. The van der Waals surface area contributed by atoms with Crippen LogP contribution in [-0.4, -0.2) is 23.7 Å². The normalized spacial score (nSPS) is 16.2. The topological polar surface area (TPSA) is 61.4 Å². The first-order valence-electron chi connectivity index (χ1n) is 10.4. The van der Waals surface area contributed by atoms with Gasteiger partial charge in [-0.1, -0.05) is 18.2 Å². The number of aryl methyl sites for hydroxylation is 1. The molecule has 1 saturated carbocycles. The summed E-state index contributed by atoms with van der Waals surface area (Å²) in [5, 5.41) is 15.7. The van der Waals surface area contributed by atoms with Gasteiger partial charge in [-0.2, -0.15) is 26.3 Å². The number of aliphatic hydroxyl groups is 1. The summed E-state index contributed by atoms with van der Waals surface area (Å²) in [7, 11) is 0. The summed E-state index contributed by atoms with van der Waals surface area (Å²) < 4.78 is 80.0. The Bertz CT molecular complexity index is 1000.